The molecule has 2 aromatic carbocycles. The summed E-state index contributed by atoms with van der Waals surface area (Å²) in [6.07, 6.45) is 0. The summed E-state index contributed by atoms with van der Waals surface area (Å²) in [4.78, 5) is 24.4. The minimum atomic E-state index is -0.862. The molecule has 0 radical (unpaired) electrons. The van der Waals surface area contributed by atoms with E-state index in [2.05, 4.69) is 0 Å². The molecule has 0 aliphatic rings. The summed E-state index contributed by atoms with van der Waals surface area (Å²) in [7, 11) is 2.62. The number of hydroxylamine groups is 1. The predicted molar refractivity (Wildman–Crippen MR) is 83.7 cm³/mol. The summed E-state index contributed by atoms with van der Waals surface area (Å²) in [6, 6.07) is 9.86. The minimum Gasteiger partial charge on any atom is -0.496 e. The van der Waals surface area contributed by atoms with E-state index < -0.39 is 5.91 Å². The number of ketones is 1. The maximum absolute atomic E-state index is 12.6. The van der Waals surface area contributed by atoms with Crippen LogP contribution in [0.2, 0.25) is 5.02 Å². The van der Waals surface area contributed by atoms with Crippen molar-refractivity contribution in [2.24, 2.45) is 0 Å². The number of carbonyl (C=O) groups excluding carboxylic acids is 2. The van der Waals surface area contributed by atoms with E-state index in [1.165, 1.54) is 25.8 Å². The molecule has 6 nitrogen and oxygen atoms in total. The fourth-order valence-corrected chi connectivity index (χ4v) is 2.46. The Bertz CT molecular complexity index is 746. The molecular formula is C16H14ClNO5. The monoisotopic (exact) mass is 335 g/mol. The van der Waals surface area contributed by atoms with Crippen molar-refractivity contribution in [2.75, 3.05) is 14.2 Å². The average Bonchev–Trinajstić information content (AvgIpc) is 2.60. The van der Waals surface area contributed by atoms with Crippen LogP contribution in [0.3, 0.4) is 0 Å². The molecule has 0 unspecified atom stereocenters. The lowest BCUT2D eigenvalue weighted by molar-refractivity contribution is 0.0699. The second kappa shape index (κ2) is 7.13. The second-order valence-corrected chi connectivity index (χ2v) is 4.86. The van der Waals surface area contributed by atoms with Crippen LogP contribution in [0.25, 0.3) is 0 Å². The van der Waals surface area contributed by atoms with Crippen molar-refractivity contribution < 1.29 is 24.3 Å². The zero-order valence-electron chi connectivity index (χ0n) is 12.4. The maximum atomic E-state index is 12.6. The molecule has 0 atom stereocenters. The summed E-state index contributed by atoms with van der Waals surface area (Å²) >= 11 is 6.23. The van der Waals surface area contributed by atoms with Crippen LogP contribution in [0.5, 0.6) is 11.5 Å². The number of hydrogen-bond donors (Lipinski definition) is 2. The molecular weight excluding hydrogens is 322 g/mol. The highest BCUT2D eigenvalue weighted by Crippen LogP contribution is 2.39. The molecule has 23 heavy (non-hydrogen) atoms. The first-order valence-corrected chi connectivity index (χ1v) is 6.91. The molecule has 2 N–H and O–H groups in total. The van der Waals surface area contributed by atoms with Crippen molar-refractivity contribution in [2.45, 2.75) is 0 Å². The first-order chi connectivity index (χ1) is 11.0. The summed E-state index contributed by atoms with van der Waals surface area (Å²) in [6.45, 7) is 0. The van der Waals surface area contributed by atoms with E-state index in [9.17, 15) is 9.59 Å². The zero-order valence-corrected chi connectivity index (χ0v) is 13.2. The molecule has 0 saturated heterocycles. The fraction of sp³-hybridized carbons (Fsp3) is 0.125. The number of halogens is 1. The molecule has 7 heteroatoms. The molecule has 2 rings (SSSR count). The van der Waals surface area contributed by atoms with Crippen LogP contribution >= 0.6 is 11.6 Å². The van der Waals surface area contributed by atoms with Gasteiger partial charge >= 0.3 is 0 Å². The van der Waals surface area contributed by atoms with Crippen LogP contribution in [0.4, 0.5) is 0 Å². The Kier molecular flexibility index (Phi) is 5.20. The third-order valence-corrected chi connectivity index (χ3v) is 3.59. The third kappa shape index (κ3) is 3.13. The SMILES string of the molecule is COc1cc(C(=O)c2ccccc2)c(Cl)c(OC)c1C(=O)NO. The van der Waals surface area contributed by atoms with Gasteiger partial charge in [0.2, 0.25) is 0 Å². The predicted octanol–water partition coefficient (Wildman–Crippen LogP) is 2.71. The molecule has 2 aromatic rings. The highest BCUT2D eigenvalue weighted by molar-refractivity contribution is 6.37. The van der Waals surface area contributed by atoms with Crippen molar-refractivity contribution in [1.29, 1.82) is 0 Å². The van der Waals surface area contributed by atoms with Crippen LogP contribution in [0.15, 0.2) is 36.4 Å². The van der Waals surface area contributed by atoms with Crippen molar-refractivity contribution in [3.05, 3.63) is 58.1 Å². The van der Waals surface area contributed by atoms with E-state index in [0.29, 0.717) is 5.56 Å². The first kappa shape index (κ1) is 16.8. The lowest BCUT2D eigenvalue weighted by atomic mass is 10.00. The van der Waals surface area contributed by atoms with Crippen molar-refractivity contribution in [3.8, 4) is 11.5 Å². The molecule has 0 spiro atoms. The molecule has 0 heterocycles. The van der Waals surface area contributed by atoms with Gasteiger partial charge in [-0.15, -0.1) is 0 Å². The Labute approximate surface area is 137 Å². The Morgan fingerprint density at radius 3 is 2.30 bits per heavy atom. The summed E-state index contributed by atoms with van der Waals surface area (Å²) in [5.74, 6) is -1.21. The van der Waals surface area contributed by atoms with Gasteiger partial charge in [0, 0.05) is 11.1 Å². The van der Waals surface area contributed by atoms with Crippen LogP contribution in [0, 0.1) is 0 Å². The number of rotatable bonds is 5. The molecule has 0 aliphatic carbocycles. The van der Waals surface area contributed by atoms with E-state index in [1.54, 1.807) is 30.3 Å². The third-order valence-electron chi connectivity index (χ3n) is 3.22. The highest BCUT2D eigenvalue weighted by Gasteiger charge is 2.26. The van der Waals surface area contributed by atoms with Gasteiger partial charge in [-0.3, -0.25) is 14.8 Å². The van der Waals surface area contributed by atoms with E-state index in [4.69, 9.17) is 26.3 Å². The van der Waals surface area contributed by atoms with Crippen molar-refractivity contribution in [3.63, 3.8) is 0 Å². The quantitative estimate of drug-likeness (QED) is 0.498. The van der Waals surface area contributed by atoms with E-state index in [1.807, 2.05) is 0 Å². The Balaban J connectivity index is 2.67. The minimum absolute atomic E-state index is 0.0410. The summed E-state index contributed by atoms with van der Waals surface area (Å²) in [5, 5.41) is 8.81. The molecule has 120 valence electrons. The standard InChI is InChI=1S/C16H14ClNO5/c1-22-11-8-10(14(19)9-6-4-3-5-7-9)13(17)15(23-2)12(11)16(20)18-21/h3-8,21H,1-2H3,(H,18,20). The number of nitrogens with one attached hydrogen (secondary N) is 1. The van der Waals surface area contributed by atoms with Crippen LogP contribution in [0.1, 0.15) is 26.3 Å². The number of ether oxygens (including phenoxy) is 2. The Morgan fingerprint density at radius 1 is 1.13 bits per heavy atom. The number of amides is 1. The smallest absolute Gasteiger partial charge is 0.282 e. The lowest BCUT2D eigenvalue weighted by Crippen LogP contribution is -2.21. The van der Waals surface area contributed by atoms with Gasteiger partial charge in [0.15, 0.2) is 11.5 Å². The summed E-state index contributed by atoms with van der Waals surface area (Å²) in [5.41, 5.74) is 1.95. The van der Waals surface area contributed by atoms with Gasteiger partial charge in [0.1, 0.15) is 11.3 Å². The maximum Gasteiger partial charge on any atom is 0.282 e. The van der Waals surface area contributed by atoms with Gasteiger partial charge < -0.3 is 9.47 Å². The van der Waals surface area contributed by atoms with Gasteiger partial charge in [-0.05, 0) is 6.07 Å². The van der Waals surface area contributed by atoms with Gasteiger partial charge in [0.05, 0.1) is 19.2 Å². The molecule has 0 aromatic heterocycles. The normalized spacial score (nSPS) is 10.1. The summed E-state index contributed by atoms with van der Waals surface area (Å²) < 4.78 is 10.3. The lowest BCUT2D eigenvalue weighted by Gasteiger charge is -2.16. The largest absolute Gasteiger partial charge is 0.496 e. The van der Waals surface area contributed by atoms with Gasteiger partial charge in [-0.1, -0.05) is 41.9 Å². The number of hydrogen-bond acceptors (Lipinski definition) is 5. The molecule has 0 aliphatic heterocycles. The fourth-order valence-electron chi connectivity index (χ4n) is 2.14. The van der Waals surface area contributed by atoms with Crippen molar-refractivity contribution in [1.82, 2.24) is 5.48 Å². The first-order valence-electron chi connectivity index (χ1n) is 6.53. The van der Waals surface area contributed by atoms with E-state index >= 15 is 0 Å². The van der Waals surface area contributed by atoms with E-state index in [0.717, 1.165) is 0 Å². The zero-order chi connectivity index (χ0) is 17.0. The molecule has 0 fully saturated rings. The van der Waals surface area contributed by atoms with Crippen LogP contribution < -0.4 is 15.0 Å². The topological polar surface area (TPSA) is 84.9 Å². The molecule has 0 bridgehead atoms. The Hall–Kier alpha value is -2.57. The molecule has 1 amide bonds. The van der Waals surface area contributed by atoms with Crippen molar-refractivity contribution >= 4 is 23.3 Å². The second-order valence-electron chi connectivity index (χ2n) is 4.48. The van der Waals surface area contributed by atoms with Gasteiger partial charge in [-0.2, -0.15) is 0 Å². The highest BCUT2D eigenvalue weighted by atomic mass is 35.5. The number of benzene rings is 2. The van der Waals surface area contributed by atoms with Crippen LogP contribution in [-0.2, 0) is 0 Å². The average molecular weight is 336 g/mol. The number of carbonyl (C=O) groups is 2. The number of methoxy groups -OCH3 is 2. The molecule has 0 saturated carbocycles. The van der Waals surface area contributed by atoms with Gasteiger partial charge in [0.25, 0.3) is 5.91 Å². The Morgan fingerprint density at radius 2 is 1.78 bits per heavy atom. The van der Waals surface area contributed by atoms with Gasteiger partial charge in [-0.25, -0.2) is 5.48 Å². The van der Waals surface area contributed by atoms with E-state index in [-0.39, 0.29) is 33.4 Å². The van der Waals surface area contributed by atoms with Crippen LogP contribution in [-0.4, -0.2) is 31.1 Å².